The molecule has 1 unspecified atom stereocenters. The van der Waals surface area contributed by atoms with Gasteiger partial charge in [0.25, 0.3) is 0 Å². The van der Waals surface area contributed by atoms with E-state index in [0.29, 0.717) is 11.0 Å². The average Bonchev–Trinajstić information content (AvgIpc) is 2.85. The van der Waals surface area contributed by atoms with E-state index in [4.69, 9.17) is 17.3 Å². The fraction of sp³-hybridized carbons (Fsp3) is 0.250. The summed E-state index contributed by atoms with van der Waals surface area (Å²) in [5, 5.41) is 4.30. The molecule has 9 heteroatoms. The highest BCUT2D eigenvalue weighted by molar-refractivity contribution is 9.10. The van der Waals surface area contributed by atoms with E-state index in [1.165, 1.54) is 12.1 Å². The van der Waals surface area contributed by atoms with Gasteiger partial charge in [-0.15, -0.1) is 0 Å². The topological polar surface area (TPSA) is 90.0 Å². The van der Waals surface area contributed by atoms with Gasteiger partial charge < -0.3 is 5.73 Å². The molecular weight excluding hydrogens is 380 g/mol. The molecule has 0 saturated carbocycles. The molecule has 21 heavy (non-hydrogen) atoms. The van der Waals surface area contributed by atoms with Gasteiger partial charge in [0, 0.05) is 29.1 Å². The number of nitrogen functional groups attached to an aromatic ring is 1. The number of anilines is 1. The van der Waals surface area contributed by atoms with Gasteiger partial charge in [0.1, 0.15) is 0 Å². The van der Waals surface area contributed by atoms with E-state index in [-0.39, 0.29) is 21.6 Å². The van der Waals surface area contributed by atoms with Crippen LogP contribution in [0, 0.1) is 0 Å². The third-order valence-electron chi connectivity index (χ3n) is 2.70. The zero-order chi connectivity index (χ0) is 15.6. The van der Waals surface area contributed by atoms with E-state index in [0.717, 1.165) is 0 Å². The van der Waals surface area contributed by atoms with Crippen molar-refractivity contribution in [2.45, 2.75) is 24.4 Å². The van der Waals surface area contributed by atoms with Gasteiger partial charge in [-0.25, -0.2) is 13.1 Å². The minimum Gasteiger partial charge on any atom is -0.398 e. The molecule has 2 rings (SSSR count). The number of hydrogen-bond donors (Lipinski definition) is 2. The van der Waals surface area contributed by atoms with Gasteiger partial charge in [-0.05, 0) is 41.1 Å². The number of nitrogens with one attached hydrogen (secondary N) is 1. The molecule has 0 fully saturated rings. The fourth-order valence-corrected chi connectivity index (χ4v) is 4.36. The Balaban J connectivity index is 2.22. The maximum absolute atomic E-state index is 12.4. The summed E-state index contributed by atoms with van der Waals surface area (Å²) >= 11 is 9.05. The summed E-state index contributed by atoms with van der Waals surface area (Å²) in [5.41, 5.74) is 5.99. The van der Waals surface area contributed by atoms with E-state index in [1.807, 2.05) is 0 Å². The van der Waals surface area contributed by atoms with Crippen molar-refractivity contribution in [3.05, 3.63) is 40.1 Å². The maximum atomic E-state index is 12.4. The van der Waals surface area contributed by atoms with Crippen LogP contribution in [0.25, 0.3) is 0 Å². The Bertz CT molecular complexity index is 734. The van der Waals surface area contributed by atoms with Crippen molar-refractivity contribution >= 4 is 43.2 Å². The van der Waals surface area contributed by atoms with Crippen LogP contribution in [0.15, 0.2) is 40.0 Å². The van der Waals surface area contributed by atoms with E-state index in [9.17, 15) is 8.42 Å². The highest BCUT2D eigenvalue weighted by atomic mass is 79.9. The van der Waals surface area contributed by atoms with Crippen molar-refractivity contribution in [3.8, 4) is 0 Å². The summed E-state index contributed by atoms with van der Waals surface area (Å²) in [7, 11) is -3.74. The predicted octanol–water partition coefficient (Wildman–Crippen LogP) is 2.25. The highest BCUT2D eigenvalue weighted by Crippen LogP contribution is 2.31. The normalized spacial score (nSPS) is 13.3. The van der Waals surface area contributed by atoms with Crippen LogP contribution in [0.4, 0.5) is 5.69 Å². The molecule has 2 aromatic rings. The molecule has 0 aliphatic heterocycles. The average molecular weight is 394 g/mol. The van der Waals surface area contributed by atoms with Crippen LogP contribution in [0.3, 0.4) is 0 Å². The third kappa shape index (κ3) is 3.97. The Labute approximate surface area is 136 Å². The number of hydrogen-bond acceptors (Lipinski definition) is 4. The van der Waals surface area contributed by atoms with Crippen molar-refractivity contribution < 1.29 is 8.42 Å². The minimum absolute atomic E-state index is 0.0137. The molecule has 1 aromatic carbocycles. The maximum Gasteiger partial charge on any atom is 0.242 e. The summed E-state index contributed by atoms with van der Waals surface area (Å²) in [6.45, 7) is 2.17. The number of benzene rings is 1. The molecule has 0 radical (unpaired) electrons. The largest absolute Gasteiger partial charge is 0.398 e. The van der Waals surface area contributed by atoms with E-state index in [2.05, 4.69) is 25.8 Å². The number of nitrogens with two attached hydrogens (primary N) is 1. The minimum atomic E-state index is -3.74. The first-order valence-corrected chi connectivity index (χ1v) is 8.69. The first-order chi connectivity index (χ1) is 9.79. The molecule has 3 N–H and O–H groups in total. The van der Waals surface area contributed by atoms with E-state index < -0.39 is 10.0 Å². The van der Waals surface area contributed by atoms with Crippen LogP contribution in [0.1, 0.15) is 6.92 Å². The quantitative estimate of drug-likeness (QED) is 0.762. The van der Waals surface area contributed by atoms with Gasteiger partial charge in [-0.3, -0.25) is 4.68 Å². The molecule has 1 atom stereocenters. The van der Waals surface area contributed by atoms with Gasteiger partial charge in [0.15, 0.2) is 0 Å². The smallest absolute Gasteiger partial charge is 0.242 e. The molecule has 0 amide bonds. The number of nitrogens with zero attached hydrogens (tertiary/aromatic N) is 2. The Kier molecular flexibility index (Phi) is 4.92. The first-order valence-electron chi connectivity index (χ1n) is 6.04. The SMILES string of the molecule is CC(Cn1cccn1)NS(=O)(=O)c1cc(Cl)cc(N)c1Br. The Morgan fingerprint density at radius 3 is 2.86 bits per heavy atom. The lowest BCUT2D eigenvalue weighted by atomic mass is 10.3. The molecule has 0 saturated heterocycles. The zero-order valence-corrected chi connectivity index (χ0v) is 14.3. The molecule has 0 spiro atoms. The molecule has 0 aliphatic carbocycles. The lowest BCUT2D eigenvalue weighted by Gasteiger charge is -2.16. The van der Waals surface area contributed by atoms with Gasteiger partial charge in [-0.1, -0.05) is 11.6 Å². The number of sulfonamides is 1. The van der Waals surface area contributed by atoms with E-state index >= 15 is 0 Å². The van der Waals surface area contributed by atoms with Gasteiger partial charge >= 0.3 is 0 Å². The van der Waals surface area contributed by atoms with Crippen molar-refractivity contribution in [2.24, 2.45) is 0 Å². The Morgan fingerprint density at radius 1 is 1.52 bits per heavy atom. The summed E-state index contributed by atoms with van der Waals surface area (Å²) in [4.78, 5) is 0.0137. The standard InChI is InChI=1S/C12H14BrClN4O2S/c1-8(7-18-4-2-3-16-18)17-21(19,20)11-6-9(14)5-10(15)12(11)13/h2-6,8,17H,7,15H2,1H3. The molecule has 1 heterocycles. The molecule has 6 nitrogen and oxygen atoms in total. The lowest BCUT2D eigenvalue weighted by Crippen LogP contribution is -2.36. The number of halogens is 2. The second kappa shape index (κ2) is 6.35. The molecular formula is C12H14BrClN4O2S. The van der Waals surface area contributed by atoms with Gasteiger partial charge in [0.2, 0.25) is 10.0 Å². The van der Waals surface area contributed by atoms with Gasteiger partial charge in [-0.2, -0.15) is 5.10 Å². The van der Waals surface area contributed by atoms with Crippen LogP contribution < -0.4 is 10.5 Å². The zero-order valence-electron chi connectivity index (χ0n) is 11.1. The van der Waals surface area contributed by atoms with Crippen LogP contribution in [0.2, 0.25) is 5.02 Å². The van der Waals surface area contributed by atoms with Crippen molar-refractivity contribution in [3.63, 3.8) is 0 Å². The summed E-state index contributed by atoms with van der Waals surface area (Å²) in [6, 6.07) is 4.26. The van der Waals surface area contributed by atoms with Crippen LogP contribution in [-0.4, -0.2) is 24.2 Å². The monoisotopic (exact) mass is 392 g/mol. The second-order valence-corrected chi connectivity index (χ2v) is 7.47. The molecule has 1 aromatic heterocycles. The fourth-order valence-electron chi connectivity index (χ4n) is 1.83. The van der Waals surface area contributed by atoms with Crippen molar-refractivity contribution in [1.29, 1.82) is 0 Å². The summed E-state index contributed by atoms with van der Waals surface area (Å²) in [5.74, 6) is 0. The van der Waals surface area contributed by atoms with Crippen molar-refractivity contribution in [1.82, 2.24) is 14.5 Å². The van der Waals surface area contributed by atoms with Crippen molar-refractivity contribution in [2.75, 3.05) is 5.73 Å². The first kappa shape index (κ1) is 16.3. The molecule has 0 bridgehead atoms. The molecule has 114 valence electrons. The van der Waals surface area contributed by atoms with Crippen LogP contribution in [0.5, 0.6) is 0 Å². The Morgan fingerprint density at radius 2 is 2.24 bits per heavy atom. The van der Waals surface area contributed by atoms with E-state index in [1.54, 1.807) is 30.1 Å². The Hall–Kier alpha value is -1.09. The molecule has 0 aliphatic rings. The highest BCUT2D eigenvalue weighted by Gasteiger charge is 2.22. The van der Waals surface area contributed by atoms with Crippen LogP contribution >= 0.6 is 27.5 Å². The van der Waals surface area contributed by atoms with Gasteiger partial charge in [0.05, 0.1) is 15.9 Å². The number of aromatic nitrogens is 2. The third-order valence-corrected chi connectivity index (χ3v) is 5.68. The lowest BCUT2D eigenvalue weighted by molar-refractivity contribution is 0.494. The summed E-state index contributed by atoms with van der Waals surface area (Å²) in [6.07, 6.45) is 3.40. The number of rotatable bonds is 5. The predicted molar refractivity (Wildman–Crippen MR) is 85.6 cm³/mol. The summed E-state index contributed by atoms with van der Waals surface area (Å²) < 4.78 is 29.3. The van der Waals surface area contributed by atoms with Crippen LogP contribution in [-0.2, 0) is 16.6 Å². The second-order valence-electron chi connectivity index (χ2n) is 4.56.